The molecule has 0 unspecified atom stereocenters. The summed E-state index contributed by atoms with van der Waals surface area (Å²) in [5, 5.41) is 3.53. The normalized spacial score (nSPS) is 14.9. The molecule has 0 bridgehead atoms. The van der Waals surface area contributed by atoms with Crippen molar-refractivity contribution in [1.29, 1.82) is 0 Å². The average Bonchev–Trinajstić information content (AvgIpc) is 3.48. The lowest BCUT2D eigenvalue weighted by molar-refractivity contribution is -0.122. The van der Waals surface area contributed by atoms with Crippen LogP contribution in [-0.2, 0) is 20.9 Å². The van der Waals surface area contributed by atoms with Crippen LogP contribution in [0.2, 0.25) is 0 Å². The number of thiocarbonyl (C=S) groups is 1. The zero-order valence-corrected chi connectivity index (χ0v) is 21.2. The van der Waals surface area contributed by atoms with Crippen molar-refractivity contribution in [2.45, 2.75) is 20.4 Å². The van der Waals surface area contributed by atoms with Gasteiger partial charge in [-0.05, 0) is 73.6 Å². The molecule has 186 valence electrons. The fourth-order valence-corrected chi connectivity index (χ4v) is 4.56. The van der Waals surface area contributed by atoms with E-state index in [-0.39, 0.29) is 16.4 Å². The largest absolute Gasteiger partial charge is 0.463 e. The van der Waals surface area contributed by atoms with Crippen LogP contribution >= 0.6 is 12.2 Å². The van der Waals surface area contributed by atoms with Crippen molar-refractivity contribution >= 4 is 57.8 Å². The molecule has 2 aromatic heterocycles. The first-order valence-corrected chi connectivity index (χ1v) is 11.9. The van der Waals surface area contributed by atoms with Gasteiger partial charge in [0.2, 0.25) is 5.76 Å². The van der Waals surface area contributed by atoms with Gasteiger partial charge in [-0.25, -0.2) is 4.79 Å². The van der Waals surface area contributed by atoms with Gasteiger partial charge in [-0.15, -0.1) is 0 Å². The highest BCUT2D eigenvalue weighted by atomic mass is 32.1. The van der Waals surface area contributed by atoms with Crippen LogP contribution in [0.4, 0.5) is 5.69 Å². The van der Waals surface area contributed by atoms with Gasteiger partial charge in [0, 0.05) is 22.7 Å². The summed E-state index contributed by atoms with van der Waals surface area (Å²) in [6, 6.07) is 16.5. The van der Waals surface area contributed by atoms with E-state index in [1.54, 1.807) is 24.3 Å². The van der Waals surface area contributed by atoms with E-state index in [4.69, 9.17) is 21.4 Å². The molecule has 4 aromatic rings. The second kappa shape index (κ2) is 9.51. The molecule has 0 radical (unpaired) electrons. The molecule has 0 atom stereocenters. The number of furan rings is 1. The van der Waals surface area contributed by atoms with Gasteiger partial charge in [0.1, 0.15) is 11.3 Å². The van der Waals surface area contributed by atoms with Crippen LogP contribution in [0.25, 0.3) is 17.0 Å². The van der Waals surface area contributed by atoms with Crippen molar-refractivity contribution in [2.75, 3.05) is 12.0 Å². The van der Waals surface area contributed by atoms with E-state index in [0.717, 1.165) is 22.0 Å². The Morgan fingerprint density at radius 1 is 1.08 bits per heavy atom. The lowest BCUT2D eigenvalue weighted by Crippen LogP contribution is -2.54. The van der Waals surface area contributed by atoms with Gasteiger partial charge in [0.05, 0.1) is 19.3 Å². The molecule has 0 saturated carbocycles. The number of methoxy groups -OCH3 is 1. The van der Waals surface area contributed by atoms with Gasteiger partial charge < -0.3 is 13.7 Å². The number of nitrogens with zero attached hydrogens (tertiary/aromatic N) is 2. The molecule has 0 spiro atoms. The molecule has 3 heterocycles. The Labute approximate surface area is 218 Å². The SMILES string of the molecule is COC(=O)c1ccc(Cn2cc(/C=C3\C(=O)NC(=S)N(c4ccc(C)c(C)c4)C3=O)c3ccccc32)o1. The number of carbonyl (C=O) groups is 3. The number of hydrogen-bond donors (Lipinski definition) is 1. The van der Waals surface area contributed by atoms with Crippen LogP contribution in [0.3, 0.4) is 0 Å². The molecular weight excluding hydrogens is 490 g/mol. The number of carbonyl (C=O) groups excluding carboxylic acids is 3. The topological polar surface area (TPSA) is 93.8 Å². The molecule has 1 aliphatic rings. The number of aromatic nitrogens is 1. The standard InChI is InChI=1S/C28H23N3O5S/c1-16-8-9-19(12-17(16)2)31-26(33)22(25(32)29-28(31)37)13-18-14-30(23-7-5-4-6-21(18)23)15-20-10-11-24(36-20)27(34)35-3/h4-14H,15H2,1-3H3,(H,29,32,37)/b22-13+. The van der Waals surface area contributed by atoms with E-state index < -0.39 is 17.8 Å². The van der Waals surface area contributed by atoms with Crippen molar-refractivity contribution in [3.05, 3.63) is 94.6 Å². The zero-order valence-electron chi connectivity index (χ0n) is 20.4. The molecular formula is C28H23N3O5S. The fourth-order valence-electron chi connectivity index (χ4n) is 4.27. The molecule has 1 aliphatic heterocycles. The minimum absolute atomic E-state index is 0.0271. The maximum atomic E-state index is 13.5. The monoisotopic (exact) mass is 513 g/mol. The third-order valence-electron chi connectivity index (χ3n) is 6.34. The maximum Gasteiger partial charge on any atom is 0.373 e. The third kappa shape index (κ3) is 4.45. The number of hydrogen-bond acceptors (Lipinski definition) is 6. The highest BCUT2D eigenvalue weighted by molar-refractivity contribution is 7.80. The minimum Gasteiger partial charge on any atom is -0.463 e. The summed E-state index contributed by atoms with van der Waals surface area (Å²) >= 11 is 5.34. The Morgan fingerprint density at radius 2 is 1.86 bits per heavy atom. The number of fused-ring (bicyclic) bond motifs is 1. The van der Waals surface area contributed by atoms with E-state index in [1.807, 2.05) is 61.0 Å². The molecule has 1 N–H and O–H groups in total. The van der Waals surface area contributed by atoms with Crippen molar-refractivity contribution in [1.82, 2.24) is 9.88 Å². The summed E-state index contributed by atoms with van der Waals surface area (Å²) in [6.45, 7) is 4.27. The number of nitrogens with one attached hydrogen (secondary N) is 1. The van der Waals surface area contributed by atoms with Gasteiger partial charge in [0.25, 0.3) is 11.8 Å². The number of esters is 1. The van der Waals surface area contributed by atoms with Crippen molar-refractivity contribution in [2.24, 2.45) is 0 Å². The van der Waals surface area contributed by atoms with Crippen molar-refractivity contribution in [3.8, 4) is 0 Å². The molecule has 5 rings (SSSR count). The minimum atomic E-state index is -0.555. The van der Waals surface area contributed by atoms with Crippen molar-refractivity contribution in [3.63, 3.8) is 0 Å². The predicted octanol–water partition coefficient (Wildman–Crippen LogP) is 4.52. The first-order valence-electron chi connectivity index (χ1n) is 11.5. The number of benzene rings is 2. The lowest BCUT2D eigenvalue weighted by atomic mass is 10.0. The van der Waals surface area contributed by atoms with Crippen LogP contribution < -0.4 is 10.2 Å². The Hall–Kier alpha value is -4.50. The summed E-state index contributed by atoms with van der Waals surface area (Å²) in [4.78, 5) is 39.5. The van der Waals surface area contributed by atoms with E-state index in [1.165, 1.54) is 12.0 Å². The number of para-hydroxylation sites is 1. The highest BCUT2D eigenvalue weighted by Crippen LogP contribution is 2.28. The van der Waals surface area contributed by atoms with Crippen LogP contribution in [0.5, 0.6) is 0 Å². The van der Waals surface area contributed by atoms with E-state index in [0.29, 0.717) is 23.6 Å². The number of ether oxygens (including phenoxy) is 1. The van der Waals surface area contributed by atoms with Gasteiger partial charge in [0.15, 0.2) is 5.11 Å². The van der Waals surface area contributed by atoms with E-state index in [9.17, 15) is 14.4 Å². The molecule has 2 amide bonds. The van der Waals surface area contributed by atoms with Crippen molar-refractivity contribution < 1.29 is 23.5 Å². The quantitative estimate of drug-likeness (QED) is 0.183. The Balaban J connectivity index is 1.53. The highest BCUT2D eigenvalue weighted by Gasteiger charge is 2.34. The van der Waals surface area contributed by atoms with Gasteiger partial charge >= 0.3 is 5.97 Å². The van der Waals surface area contributed by atoms with Crippen LogP contribution in [0.1, 0.15) is 33.0 Å². The van der Waals surface area contributed by atoms with Gasteiger partial charge in [-0.2, -0.15) is 0 Å². The van der Waals surface area contributed by atoms with E-state index >= 15 is 0 Å². The number of anilines is 1. The van der Waals surface area contributed by atoms with Crippen LogP contribution in [-0.4, -0.2) is 34.6 Å². The summed E-state index contributed by atoms with van der Waals surface area (Å²) in [6.07, 6.45) is 3.42. The first kappa shape index (κ1) is 24.2. The molecule has 37 heavy (non-hydrogen) atoms. The molecule has 1 saturated heterocycles. The lowest BCUT2D eigenvalue weighted by Gasteiger charge is -2.29. The first-order chi connectivity index (χ1) is 17.8. The molecule has 9 heteroatoms. The molecule has 1 fully saturated rings. The molecule has 0 aliphatic carbocycles. The summed E-state index contributed by atoms with van der Waals surface area (Å²) in [7, 11) is 1.29. The number of rotatable bonds is 5. The number of amides is 2. The predicted molar refractivity (Wildman–Crippen MR) is 143 cm³/mol. The van der Waals surface area contributed by atoms with Gasteiger partial charge in [-0.3, -0.25) is 19.8 Å². The second-order valence-corrected chi connectivity index (χ2v) is 9.10. The second-order valence-electron chi connectivity index (χ2n) is 8.71. The van der Waals surface area contributed by atoms with Crippen LogP contribution in [0, 0.1) is 13.8 Å². The molecule has 2 aromatic carbocycles. The van der Waals surface area contributed by atoms with E-state index in [2.05, 4.69) is 5.32 Å². The molecule has 8 nitrogen and oxygen atoms in total. The average molecular weight is 514 g/mol. The summed E-state index contributed by atoms with van der Waals surface area (Å²) < 4.78 is 12.3. The summed E-state index contributed by atoms with van der Waals surface area (Å²) in [5.74, 6) is -0.938. The number of aryl methyl sites for hydroxylation is 2. The zero-order chi connectivity index (χ0) is 26.3. The van der Waals surface area contributed by atoms with Crippen LogP contribution in [0.15, 0.2) is 70.8 Å². The van der Waals surface area contributed by atoms with Gasteiger partial charge in [-0.1, -0.05) is 24.3 Å². The fraction of sp³-hybridized carbons (Fsp3) is 0.143. The Morgan fingerprint density at radius 3 is 2.62 bits per heavy atom. The third-order valence-corrected chi connectivity index (χ3v) is 6.63. The Kier molecular flexibility index (Phi) is 6.22. The maximum absolute atomic E-state index is 13.5. The smallest absolute Gasteiger partial charge is 0.373 e. The Bertz CT molecular complexity index is 1630. The summed E-state index contributed by atoms with van der Waals surface area (Å²) in [5.41, 5.74) is 4.21.